The number of fused-ring (bicyclic) bond motifs is 1. The molecule has 0 aliphatic carbocycles. The van der Waals surface area contributed by atoms with E-state index in [9.17, 15) is 0 Å². The minimum atomic E-state index is 0.291. The van der Waals surface area contributed by atoms with Crippen molar-refractivity contribution in [2.24, 2.45) is 0 Å². The lowest BCUT2D eigenvalue weighted by atomic mass is 9.98. The van der Waals surface area contributed by atoms with Crippen LogP contribution in [-0.2, 0) is 0 Å². The van der Waals surface area contributed by atoms with Crippen LogP contribution < -0.4 is 14.2 Å². The molecule has 1 unspecified atom stereocenters. The lowest BCUT2D eigenvalue weighted by Gasteiger charge is -2.13. The Bertz CT molecular complexity index is 374. The number of hydrogen-bond acceptors (Lipinski definition) is 3. The van der Waals surface area contributed by atoms with Gasteiger partial charge in [-0.15, -0.1) is 0 Å². The number of ether oxygens (including phenoxy) is 3. The maximum absolute atomic E-state index is 5.58. The zero-order valence-corrected chi connectivity index (χ0v) is 10.1. The van der Waals surface area contributed by atoms with E-state index in [1.54, 1.807) is 0 Å². The first-order chi connectivity index (χ1) is 7.76. The van der Waals surface area contributed by atoms with Crippen LogP contribution in [0.25, 0.3) is 0 Å². The molecule has 1 atom stereocenters. The fourth-order valence-corrected chi connectivity index (χ4v) is 1.78. The van der Waals surface area contributed by atoms with Crippen LogP contribution in [0.15, 0.2) is 12.1 Å². The third kappa shape index (κ3) is 1.94. The van der Waals surface area contributed by atoms with E-state index in [2.05, 4.69) is 26.0 Å². The van der Waals surface area contributed by atoms with E-state index in [4.69, 9.17) is 14.2 Å². The molecule has 0 amide bonds. The summed E-state index contributed by atoms with van der Waals surface area (Å²) in [6.45, 7) is 7.28. The highest BCUT2D eigenvalue weighted by molar-refractivity contribution is 5.55. The first-order valence-electron chi connectivity index (χ1n) is 5.82. The van der Waals surface area contributed by atoms with Crippen molar-refractivity contribution < 1.29 is 14.2 Å². The van der Waals surface area contributed by atoms with E-state index in [0.717, 1.165) is 23.7 Å². The Kier molecular flexibility index (Phi) is 3.22. The van der Waals surface area contributed by atoms with Gasteiger partial charge in [-0.25, -0.2) is 0 Å². The van der Waals surface area contributed by atoms with Gasteiger partial charge >= 0.3 is 0 Å². The molecule has 0 spiro atoms. The summed E-state index contributed by atoms with van der Waals surface area (Å²) < 4.78 is 16.4. The molecule has 0 radical (unpaired) electrons. The standard InChI is InChI=1S/C13H18O3/c1-4-9(3)10-6-11(14-5-2)13-12(7-10)15-8-16-13/h6-7,9H,4-5,8H2,1-3H3. The third-order valence-electron chi connectivity index (χ3n) is 2.94. The highest BCUT2D eigenvalue weighted by Gasteiger charge is 2.21. The van der Waals surface area contributed by atoms with E-state index in [0.29, 0.717) is 19.3 Å². The highest BCUT2D eigenvalue weighted by Crippen LogP contribution is 2.43. The molecule has 1 aromatic rings. The van der Waals surface area contributed by atoms with Crippen molar-refractivity contribution in [3.63, 3.8) is 0 Å². The van der Waals surface area contributed by atoms with Gasteiger partial charge in [0.25, 0.3) is 0 Å². The van der Waals surface area contributed by atoms with Gasteiger partial charge in [0.2, 0.25) is 12.5 Å². The normalized spacial score (nSPS) is 14.9. The third-order valence-corrected chi connectivity index (χ3v) is 2.94. The van der Waals surface area contributed by atoms with Crippen LogP contribution in [0.4, 0.5) is 0 Å². The van der Waals surface area contributed by atoms with Gasteiger partial charge in [-0.2, -0.15) is 0 Å². The average Bonchev–Trinajstić information content (AvgIpc) is 2.76. The second-order valence-corrected chi connectivity index (χ2v) is 4.00. The number of benzene rings is 1. The van der Waals surface area contributed by atoms with Crippen LogP contribution >= 0.6 is 0 Å². The van der Waals surface area contributed by atoms with E-state index in [-0.39, 0.29) is 0 Å². The Morgan fingerprint density at radius 1 is 1.31 bits per heavy atom. The molecule has 1 aromatic carbocycles. The summed E-state index contributed by atoms with van der Waals surface area (Å²) in [5, 5.41) is 0. The molecule has 1 heterocycles. The molecular formula is C13H18O3. The molecule has 0 N–H and O–H groups in total. The molecule has 0 saturated heterocycles. The van der Waals surface area contributed by atoms with E-state index in [1.807, 2.05) is 6.92 Å². The van der Waals surface area contributed by atoms with Gasteiger partial charge in [0.05, 0.1) is 6.61 Å². The van der Waals surface area contributed by atoms with Gasteiger partial charge in [-0.05, 0) is 37.0 Å². The van der Waals surface area contributed by atoms with E-state index in [1.165, 1.54) is 5.56 Å². The van der Waals surface area contributed by atoms with Crippen molar-refractivity contribution in [1.82, 2.24) is 0 Å². The summed E-state index contributed by atoms with van der Waals surface area (Å²) in [4.78, 5) is 0. The molecule has 88 valence electrons. The van der Waals surface area contributed by atoms with Gasteiger partial charge in [0.1, 0.15) is 0 Å². The fraction of sp³-hybridized carbons (Fsp3) is 0.538. The number of rotatable bonds is 4. The van der Waals surface area contributed by atoms with E-state index < -0.39 is 0 Å². The molecule has 1 aliphatic rings. The van der Waals surface area contributed by atoms with Crippen molar-refractivity contribution in [3.8, 4) is 17.2 Å². The lowest BCUT2D eigenvalue weighted by Crippen LogP contribution is -1.97. The highest BCUT2D eigenvalue weighted by atomic mass is 16.7. The van der Waals surface area contributed by atoms with Crippen molar-refractivity contribution in [3.05, 3.63) is 17.7 Å². The van der Waals surface area contributed by atoms with Crippen LogP contribution in [0, 0.1) is 0 Å². The minimum Gasteiger partial charge on any atom is -0.490 e. The van der Waals surface area contributed by atoms with E-state index >= 15 is 0 Å². The van der Waals surface area contributed by atoms with Crippen LogP contribution in [0.2, 0.25) is 0 Å². The monoisotopic (exact) mass is 222 g/mol. The second kappa shape index (κ2) is 4.64. The summed E-state index contributed by atoms with van der Waals surface area (Å²) in [5.41, 5.74) is 1.25. The Morgan fingerprint density at radius 3 is 2.81 bits per heavy atom. The fourth-order valence-electron chi connectivity index (χ4n) is 1.78. The van der Waals surface area contributed by atoms with Crippen LogP contribution in [-0.4, -0.2) is 13.4 Å². The molecule has 3 nitrogen and oxygen atoms in total. The Hall–Kier alpha value is -1.38. The molecule has 2 rings (SSSR count). The Balaban J connectivity index is 2.39. The zero-order chi connectivity index (χ0) is 11.5. The van der Waals surface area contributed by atoms with Crippen molar-refractivity contribution in [2.75, 3.05) is 13.4 Å². The molecule has 3 heteroatoms. The van der Waals surface area contributed by atoms with Crippen molar-refractivity contribution >= 4 is 0 Å². The Labute approximate surface area is 96.3 Å². The van der Waals surface area contributed by atoms with Gasteiger partial charge in [0.15, 0.2) is 11.5 Å². The lowest BCUT2D eigenvalue weighted by molar-refractivity contribution is 0.170. The first-order valence-corrected chi connectivity index (χ1v) is 5.82. The maximum Gasteiger partial charge on any atom is 0.231 e. The molecule has 1 aliphatic heterocycles. The topological polar surface area (TPSA) is 27.7 Å². The van der Waals surface area contributed by atoms with Crippen molar-refractivity contribution in [1.29, 1.82) is 0 Å². The molecule has 16 heavy (non-hydrogen) atoms. The summed E-state index contributed by atoms with van der Waals surface area (Å²) in [7, 11) is 0. The SMILES string of the molecule is CCOc1cc(C(C)CC)cc2c1OCO2. The Morgan fingerprint density at radius 2 is 2.12 bits per heavy atom. The molecule has 0 saturated carbocycles. The summed E-state index contributed by atoms with van der Waals surface area (Å²) in [5.74, 6) is 2.86. The molecule has 0 aromatic heterocycles. The van der Waals surface area contributed by atoms with Crippen LogP contribution in [0.3, 0.4) is 0 Å². The van der Waals surface area contributed by atoms with Gasteiger partial charge in [-0.1, -0.05) is 13.8 Å². The summed E-state index contributed by atoms with van der Waals surface area (Å²) >= 11 is 0. The quantitative estimate of drug-likeness (QED) is 0.782. The molecular weight excluding hydrogens is 204 g/mol. The van der Waals surface area contributed by atoms with Crippen LogP contribution in [0.1, 0.15) is 38.7 Å². The first kappa shape index (κ1) is 11.1. The predicted molar refractivity (Wildman–Crippen MR) is 62.4 cm³/mol. The number of hydrogen-bond donors (Lipinski definition) is 0. The smallest absolute Gasteiger partial charge is 0.231 e. The minimum absolute atomic E-state index is 0.291. The second-order valence-electron chi connectivity index (χ2n) is 4.00. The van der Waals surface area contributed by atoms with Gasteiger partial charge < -0.3 is 14.2 Å². The van der Waals surface area contributed by atoms with Gasteiger partial charge in [-0.3, -0.25) is 0 Å². The summed E-state index contributed by atoms with van der Waals surface area (Å²) in [6, 6.07) is 4.12. The molecule has 0 bridgehead atoms. The summed E-state index contributed by atoms with van der Waals surface area (Å²) in [6.07, 6.45) is 1.10. The van der Waals surface area contributed by atoms with Gasteiger partial charge in [0, 0.05) is 0 Å². The average molecular weight is 222 g/mol. The van der Waals surface area contributed by atoms with Crippen molar-refractivity contribution in [2.45, 2.75) is 33.1 Å². The predicted octanol–water partition coefficient (Wildman–Crippen LogP) is 3.33. The largest absolute Gasteiger partial charge is 0.490 e. The van der Waals surface area contributed by atoms with Crippen LogP contribution in [0.5, 0.6) is 17.2 Å². The maximum atomic E-state index is 5.58. The zero-order valence-electron chi connectivity index (χ0n) is 10.1. The molecule has 0 fully saturated rings.